The minimum atomic E-state index is -4.04. The summed E-state index contributed by atoms with van der Waals surface area (Å²) < 4.78 is 27.8. The summed E-state index contributed by atoms with van der Waals surface area (Å²) in [5, 5.41) is 14.5. The predicted molar refractivity (Wildman–Crippen MR) is 130 cm³/mol. The number of hydrogen-bond donors (Lipinski definition) is 2. The molecule has 4 rings (SSSR count). The van der Waals surface area contributed by atoms with Gasteiger partial charge in [0.15, 0.2) is 5.13 Å². The van der Waals surface area contributed by atoms with Crippen molar-refractivity contribution in [3.05, 3.63) is 105 Å². The Kier molecular flexibility index (Phi) is 6.39. The van der Waals surface area contributed by atoms with Crippen molar-refractivity contribution in [2.75, 3.05) is 10.0 Å². The first-order valence-electron chi connectivity index (χ1n) is 9.93. The lowest BCUT2D eigenvalue weighted by Gasteiger charge is -2.10. The van der Waals surface area contributed by atoms with Gasteiger partial charge in [-0.15, -0.1) is 0 Å². The molecule has 4 aromatic rings. The first kappa shape index (κ1) is 23.1. The van der Waals surface area contributed by atoms with E-state index >= 15 is 0 Å². The third kappa shape index (κ3) is 5.11. The van der Waals surface area contributed by atoms with Crippen LogP contribution in [0.5, 0.6) is 0 Å². The largest absolute Gasteiger partial charge is 0.331 e. The van der Waals surface area contributed by atoms with Crippen LogP contribution in [0.3, 0.4) is 0 Å². The summed E-state index contributed by atoms with van der Waals surface area (Å²) in [7, 11) is -4.04. The summed E-state index contributed by atoms with van der Waals surface area (Å²) in [4.78, 5) is 27.6. The molecule has 0 atom stereocenters. The highest BCUT2D eigenvalue weighted by molar-refractivity contribution is 7.92. The van der Waals surface area contributed by atoms with Crippen LogP contribution in [0.25, 0.3) is 0 Å². The van der Waals surface area contributed by atoms with Gasteiger partial charge in [-0.05, 0) is 36.8 Å². The van der Waals surface area contributed by atoms with E-state index < -0.39 is 14.9 Å². The van der Waals surface area contributed by atoms with Crippen molar-refractivity contribution in [2.24, 2.45) is 0 Å². The van der Waals surface area contributed by atoms with Gasteiger partial charge in [-0.2, -0.15) is 0 Å². The molecule has 0 amide bonds. The summed E-state index contributed by atoms with van der Waals surface area (Å²) in [6, 6.07) is 18.6. The van der Waals surface area contributed by atoms with Crippen molar-refractivity contribution in [3.63, 3.8) is 0 Å². The number of anilines is 3. The van der Waals surface area contributed by atoms with Crippen molar-refractivity contribution >= 4 is 49.3 Å². The molecule has 0 saturated heterocycles. The van der Waals surface area contributed by atoms with E-state index in [1.165, 1.54) is 35.7 Å². The van der Waals surface area contributed by atoms with Crippen LogP contribution < -0.4 is 10.0 Å². The number of nitro benzene ring substituents is 1. The first-order valence-corrected chi connectivity index (χ1v) is 12.2. The third-order valence-electron chi connectivity index (χ3n) is 4.82. The van der Waals surface area contributed by atoms with Crippen LogP contribution in [0.2, 0.25) is 0 Å². The van der Waals surface area contributed by atoms with E-state index in [1.54, 1.807) is 36.4 Å². The number of hydrogen-bond acceptors (Lipinski definition) is 8. The van der Waals surface area contributed by atoms with Crippen molar-refractivity contribution in [1.29, 1.82) is 0 Å². The Balaban J connectivity index is 1.51. The van der Waals surface area contributed by atoms with Crippen LogP contribution >= 0.6 is 11.3 Å². The number of rotatable bonds is 8. The van der Waals surface area contributed by atoms with Gasteiger partial charge in [0.05, 0.1) is 26.6 Å². The standard InChI is InChI=1S/C23H18N4O5S2/c1-15-6-2-3-11-20(15)22(28)21-14-24-23(33-21)25-16-7-4-8-17(12-16)26-34(31,32)19-10-5-9-18(13-19)27(29)30/h2-14,26H,1H3,(H,24,25). The molecular weight excluding hydrogens is 476 g/mol. The van der Waals surface area contributed by atoms with Crippen LogP contribution in [0, 0.1) is 17.0 Å². The Morgan fingerprint density at radius 3 is 2.50 bits per heavy atom. The average molecular weight is 495 g/mol. The van der Waals surface area contributed by atoms with Gasteiger partial charge >= 0.3 is 0 Å². The molecule has 0 fully saturated rings. The van der Waals surface area contributed by atoms with E-state index in [9.17, 15) is 23.3 Å². The molecule has 3 aromatic carbocycles. The molecule has 0 aliphatic heterocycles. The number of carbonyl (C=O) groups excluding carboxylic acids is 1. The Morgan fingerprint density at radius 2 is 1.74 bits per heavy atom. The molecule has 2 N–H and O–H groups in total. The fourth-order valence-electron chi connectivity index (χ4n) is 3.16. The molecule has 0 bridgehead atoms. The van der Waals surface area contributed by atoms with Gasteiger partial charge in [-0.3, -0.25) is 19.6 Å². The second kappa shape index (κ2) is 9.41. The zero-order valence-corrected chi connectivity index (χ0v) is 19.4. The smallest absolute Gasteiger partial charge is 0.270 e. The summed E-state index contributed by atoms with van der Waals surface area (Å²) >= 11 is 1.19. The van der Waals surface area contributed by atoms with E-state index in [2.05, 4.69) is 15.0 Å². The van der Waals surface area contributed by atoms with E-state index in [4.69, 9.17) is 0 Å². The maximum absolute atomic E-state index is 12.8. The predicted octanol–water partition coefficient (Wildman–Crippen LogP) is 5.14. The van der Waals surface area contributed by atoms with Crippen LogP contribution in [0.1, 0.15) is 20.8 Å². The zero-order chi connectivity index (χ0) is 24.3. The van der Waals surface area contributed by atoms with E-state index in [0.717, 1.165) is 11.6 Å². The zero-order valence-electron chi connectivity index (χ0n) is 17.8. The molecule has 9 nitrogen and oxygen atoms in total. The maximum atomic E-state index is 12.8. The quantitative estimate of drug-likeness (QED) is 0.197. The number of nitrogens with zero attached hydrogens (tertiary/aromatic N) is 2. The highest BCUT2D eigenvalue weighted by Gasteiger charge is 2.18. The summed E-state index contributed by atoms with van der Waals surface area (Å²) in [6.45, 7) is 1.87. The highest BCUT2D eigenvalue weighted by atomic mass is 32.2. The minimum Gasteiger partial charge on any atom is -0.331 e. The molecule has 0 unspecified atom stereocenters. The minimum absolute atomic E-state index is 0.123. The van der Waals surface area contributed by atoms with Gasteiger partial charge < -0.3 is 5.32 Å². The molecule has 34 heavy (non-hydrogen) atoms. The van der Waals surface area contributed by atoms with Crippen molar-refractivity contribution < 1.29 is 18.1 Å². The number of sulfonamides is 1. The van der Waals surface area contributed by atoms with Crippen molar-refractivity contribution in [3.8, 4) is 0 Å². The number of non-ortho nitro benzene ring substituents is 1. The lowest BCUT2D eigenvalue weighted by Crippen LogP contribution is -2.13. The number of benzene rings is 3. The van der Waals surface area contributed by atoms with Gasteiger partial charge in [0, 0.05) is 23.4 Å². The number of aromatic nitrogens is 1. The number of nitrogens with one attached hydrogen (secondary N) is 2. The Hall–Kier alpha value is -4.09. The maximum Gasteiger partial charge on any atom is 0.270 e. The average Bonchev–Trinajstić information content (AvgIpc) is 3.27. The van der Waals surface area contributed by atoms with Crippen LogP contribution in [-0.4, -0.2) is 24.1 Å². The number of thiazole rings is 1. The van der Waals surface area contributed by atoms with Gasteiger partial charge in [0.25, 0.3) is 15.7 Å². The van der Waals surface area contributed by atoms with E-state index in [0.29, 0.717) is 21.3 Å². The van der Waals surface area contributed by atoms with Crippen LogP contribution in [-0.2, 0) is 10.0 Å². The highest BCUT2D eigenvalue weighted by Crippen LogP contribution is 2.27. The lowest BCUT2D eigenvalue weighted by molar-refractivity contribution is -0.385. The summed E-state index contributed by atoms with van der Waals surface area (Å²) in [6.07, 6.45) is 1.50. The van der Waals surface area contributed by atoms with E-state index in [1.807, 2.05) is 19.1 Å². The molecule has 0 radical (unpaired) electrons. The molecule has 1 aromatic heterocycles. The summed E-state index contributed by atoms with van der Waals surface area (Å²) in [5.74, 6) is -0.123. The van der Waals surface area contributed by atoms with Crippen LogP contribution in [0.15, 0.2) is 83.9 Å². The third-order valence-corrected chi connectivity index (χ3v) is 7.11. The van der Waals surface area contributed by atoms with Gasteiger partial charge in [0.1, 0.15) is 0 Å². The van der Waals surface area contributed by atoms with Gasteiger partial charge in [-0.1, -0.05) is 47.7 Å². The Bertz CT molecular complexity index is 1500. The first-order chi connectivity index (χ1) is 16.2. The molecule has 11 heteroatoms. The number of nitro groups is 1. The van der Waals surface area contributed by atoms with Crippen molar-refractivity contribution in [2.45, 2.75) is 11.8 Å². The molecule has 1 heterocycles. The normalized spacial score (nSPS) is 11.1. The number of aryl methyl sites for hydroxylation is 1. The van der Waals surface area contributed by atoms with Crippen LogP contribution in [0.4, 0.5) is 22.2 Å². The summed E-state index contributed by atoms with van der Waals surface area (Å²) in [5.41, 5.74) is 1.96. The molecule has 0 aliphatic carbocycles. The topological polar surface area (TPSA) is 131 Å². The molecule has 0 saturated carbocycles. The van der Waals surface area contributed by atoms with E-state index in [-0.39, 0.29) is 22.1 Å². The second-order valence-corrected chi connectivity index (χ2v) is 9.95. The molecule has 0 aliphatic rings. The van der Waals surface area contributed by atoms with Gasteiger partial charge in [0.2, 0.25) is 5.78 Å². The molecular formula is C23H18N4O5S2. The monoisotopic (exact) mass is 494 g/mol. The number of carbonyl (C=O) groups is 1. The second-order valence-electron chi connectivity index (χ2n) is 7.24. The Labute approximate surface area is 199 Å². The van der Waals surface area contributed by atoms with Crippen molar-refractivity contribution in [1.82, 2.24) is 4.98 Å². The lowest BCUT2D eigenvalue weighted by atomic mass is 10.0. The molecule has 0 spiro atoms. The number of ketones is 1. The Morgan fingerprint density at radius 1 is 1.00 bits per heavy atom. The SMILES string of the molecule is Cc1ccccc1C(=O)c1cnc(Nc2cccc(NS(=O)(=O)c3cccc([N+](=O)[O-])c3)c2)s1. The fraction of sp³-hybridized carbons (Fsp3) is 0.0435. The fourth-order valence-corrected chi connectivity index (χ4v) is 5.04. The molecule has 172 valence electrons. The van der Waals surface area contributed by atoms with Gasteiger partial charge in [-0.25, -0.2) is 13.4 Å².